The van der Waals surface area contributed by atoms with Crippen LogP contribution in [0.2, 0.25) is 5.02 Å². The van der Waals surface area contributed by atoms with Crippen LogP contribution < -0.4 is 5.56 Å². The molecule has 5 aromatic rings. The number of aryl methyl sites for hydroxylation is 1. The zero-order valence-electron chi connectivity index (χ0n) is 20.9. The van der Waals surface area contributed by atoms with Gasteiger partial charge in [0.2, 0.25) is 0 Å². The van der Waals surface area contributed by atoms with Crippen LogP contribution in [0.25, 0.3) is 27.9 Å². The number of halogens is 4. The van der Waals surface area contributed by atoms with Crippen molar-refractivity contribution in [3.05, 3.63) is 99.6 Å². The number of hydrogen-bond donors (Lipinski definition) is 0. The van der Waals surface area contributed by atoms with Crippen molar-refractivity contribution in [3.8, 4) is 22.3 Å². The molecule has 0 bridgehead atoms. The second kappa shape index (κ2) is 11.1. The van der Waals surface area contributed by atoms with Gasteiger partial charge in [-0.3, -0.25) is 14.8 Å². The van der Waals surface area contributed by atoms with Crippen molar-refractivity contribution in [2.24, 2.45) is 0 Å². The van der Waals surface area contributed by atoms with Gasteiger partial charge in [0.25, 0.3) is 5.56 Å². The molecule has 38 heavy (non-hydrogen) atoms. The quantitative estimate of drug-likeness (QED) is 0.260. The zero-order chi connectivity index (χ0) is 27.4. The molecule has 11 heteroatoms. The van der Waals surface area contributed by atoms with Crippen LogP contribution in [0.15, 0.2) is 71.9 Å². The van der Waals surface area contributed by atoms with E-state index in [4.69, 9.17) is 11.6 Å². The summed E-state index contributed by atoms with van der Waals surface area (Å²) in [5, 5.41) is 9.23. The molecule has 0 N–H and O–H groups in total. The lowest BCUT2D eigenvalue weighted by atomic mass is 9.97. The van der Waals surface area contributed by atoms with Crippen molar-refractivity contribution in [1.82, 2.24) is 29.4 Å². The SMILES string of the molecule is CC.CCc1nnc2c(-c3ccc(Cl)cc3)c(-c3ccncc3)c(=O)n(Cc3ccc(C(F)(F)F)cn3)n12. The molecule has 0 radical (unpaired) electrons. The van der Waals surface area contributed by atoms with Gasteiger partial charge in [-0.25, -0.2) is 9.20 Å². The predicted octanol–water partition coefficient (Wildman–Crippen LogP) is 6.32. The van der Waals surface area contributed by atoms with Crippen LogP contribution in [0.5, 0.6) is 0 Å². The number of fused-ring (bicyclic) bond motifs is 1. The van der Waals surface area contributed by atoms with Crippen LogP contribution >= 0.6 is 11.6 Å². The van der Waals surface area contributed by atoms with E-state index in [1.807, 2.05) is 20.8 Å². The van der Waals surface area contributed by atoms with Crippen LogP contribution in [-0.4, -0.2) is 29.4 Å². The van der Waals surface area contributed by atoms with Crippen LogP contribution in [-0.2, 0) is 19.1 Å². The summed E-state index contributed by atoms with van der Waals surface area (Å²) in [5.74, 6) is 0.519. The average molecular weight is 541 g/mol. The van der Waals surface area contributed by atoms with Gasteiger partial charge >= 0.3 is 6.18 Å². The number of nitrogens with zero attached hydrogens (tertiary/aromatic N) is 6. The van der Waals surface area contributed by atoms with E-state index in [0.29, 0.717) is 45.2 Å². The summed E-state index contributed by atoms with van der Waals surface area (Å²) >= 11 is 6.10. The fraction of sp³-hybridized carbons (Fsp3) is 0.222. The topological polar surface area (TPSA) is 78.0 Å². The van der Waals surface area contributed by atoms with Gasteiger partial charge in [-0.1, -0.05) is 44.5 Å². The molecule has 0 amide bonds. The third-order valence-electron chi connectivity index (χ3n) is 5.75. The Labute approximate surface area is 221 Å². The molecule has 0 unspecified atom stereocenters. The highest BCUT2D eigenvalue weighted by molar-refractivity contribution is 6.30. The first-order valence-corrected chi connectivity index (χ1v) is 12.3. The molecule has 0 atom stereocenters. The second-order valence-electron chi connectivity index (χ2n) is 8.00. The first-order valence-electron chi connectivity index (χ1n) is 12.0. The molecule has 0 aliphatic rings. The van der Waals surface area contributed by atoms with Crippen molar-refractivity contribution in [1.29, 1.82) is 0 Å². The number of rotatable bonds is 5. The summed E-state index contributed by atoms with van der Waals surface area (Å²) in [6.45, 7) is 5.79. The maximum Gasteiger partial charge on any atom is 0.417 e. The fourth-order valence-electron chi connectivity index (χ4n) is 4.04. The molecular formula is C27H24ClF3N6O. The molecule has 7 nitrogen and oxygen atoms in total. The second-order valence-corrected chi connectivity index (χ2v) is 8.43. The highest BCUT2D eigenvalue weighted by atomic mass is 35.5. The van der Waals surface area contributed by atoms with E-state index in [1.165, 1.54) is 10.7 Å². The minimum atomic E-state index is -4.51. The Morgan fingerprint density at radius 1 is 0.895 bits per heavy atom. The molecule has 0 aliphatic carbocycles. The fourth-order valence-corrected chi connectivity index (χ4v) is 4.16. The first-order chi connectivity index (χ1) is 18.3. The van der Waals surface area contributed by atoms with Gasteiger partial charge in [-0.15, -0.1) is 10.2 Å². The van der Waals surface area contributed by atoms with Crippen molar-refractivity contribution < 1.29 is 13.2 Å². The Morgan fingerprint density at radius 3 is 2.13 bits per heavy atom. The minimum absolute atomic E-state index is 0.0858. The van der Waals surface area contributed by atoms with Crippen LogP contribution in [0.4, 0.5) is 13.2 Å². The molecule has 0 saturated heterocycles. The summed E-state index contributed by atoms with van der Waals surface area (Å²) in [6.07, 6.45) is -0.124. The number of alkyl halides is 3. The van der Waals surface area contributed by atoms with Crippen molar-refractivity contribution >= 4 is 17.2 Å². The van der Waals surface area contributed by atoms with Gasteiger partial charge in [0.1, 0.15) is 0 Å². The largest absolute Gasteiger partial charge is 0.417 e. The molecule has 4 heterocycles. The standard InChI is InChI=1S/C25H18ClF3N6O.C2H6/c1-2-20-32-33-23-21(15-3-6-18(26)7-4-15)22(16-9-11-30-12-10-16)24(36)34(35(20)23)14-19-8-5-17(13-31-19)25(27,28)29;1-2/h3-13H,2,14H2,1H3;1-2H3. The Balaban J connectivity index is 0.00000164. The van der Waals surface area contributed by atoms with E-state index in [0.717, 1.165) is 12.3 Å². The lowest BCUT2D eigenvalue weighted by molar-refractivity contribution is -0.137. The van der Waals surface area contributed by atoms with E-state index in [9.17, 15) is 18.0 Å². The van der Waals surface area contributed by atoms with E-state index in [1.54, 1.807) is 53.3 Å². The number of hydrogen-bond acceptors (Lipinski definition) is 5. The maximum absolute atomic E-state index is 14.1. The molecule has 0 saturated carbocycles. The monoisotopic (exact) mass is 540 g/mol. The predicted molar refractivity (Wildman–Crippen MR) is 140 cm³/mol. The average Bonchev–Trinajstić information content (AvgIpc) is 3.36. The normalized spacial score (nSPS) is 11.3. The van der Waals surface area contributed by atoms with Crippen LogP contribution in [0.3, 0.4) is 0 Å². The van der Waals surface area contributed by atoms with Gasteiger partial charge in [-0.2, -0.15) is 13.2 Å². The van der Waals surface area contributed by atoms with E-state index < -0.39 is 11.7 Å². The third kappa shape index (κ3) is 5.17. The molecule has 4 aromatic heterocycles. The van der Waals surface area contributed by atoms with E-state index in [-0.39, 0.29) is 17.8 Å². The highest BCUT2D eigenvalue weighted by Crippen LogP contribution is 2.34. The summed E-state index contributed by atoms with van der Waals surface area (Å²) in [7, 11) is 0. The van der Waals surface area contributed by atoms with Gasteiger partial charge in [0.05, 0.1) is 23.4 Å². The summed E-state index contributed by atoms with van der Waals surface area (Å²) < 4.78 is 42.1. The van der Waals surface area contributed by atoms with Crippen molar-refractivity contribution in [2.45, 2.75) is 39.9 Å². The van der Waals surface area contributed by atoms with Gasteiger partial charge in [-0.05, 0) is 47.5 Å². The molecule has 196 valence electrons. The highest BCUT2D eigenvalue weighted by Gasteiger charge is 2.31. The third-order valence-corrected chi connectivity index (χ3v) is 6.00. The number of aromatic nitrogens is 6. The first kappa shape index (κ1) is 27.0. The Bertz CT molecular complexity index is 1600. The van der Waals surface area contributed by atoms with Gasteiger partial charge in [0, 0.05) is 35.6 Å². The molecule has 5 rings (SSSR count). The Morgan fingerprint density at radius 2 is 1.55 bits per heavy atom. The summed E-state index contributed by atoms with van der Waals surface area (Å²) in [4.78, 5) is 22.1. The molecule has 0 aliphatic heterocycles. The molecule has 1 aromatic carbocycles. The summed E-state index contributed by atoms with van der Waals surface area (Å²) in [5.41, 5.74) is 1.70. The van der Waals surface area contributed by atoms with E-state index >= 15 is 0 Å². The van der Waals surface area contributed by atoms with Gasteiger partial charge < -0.3 is 0 Å². The van der Waals surface area contributed by atoms with Crippen LogP contribution in [0, 0.1) is 0 Å². The van der Waals surface area contributed by atoms with Crippen LogP contribution in [0.1, 0.15) is 37.9 Å². The number of pyridine rings is 2. The summed E-state index contributed by atoms with van der Waals surface area (Å²) in [6, 6.07) is 12.7. The maximum atomic E-state index is 14.1. The molecular weight excluding hydrogens is 517 g/mol. The molecule has 0 spiro atoms. The Hall–Kier alpha value is -4.05. The van der Waals surface area contributed by atoms with Crippen molar-refractivity contribution in [2.75, 3.05) is 0 Å². The smallest absolute Gasteiger partial charge is 0.267 e. The number of benzene rings is 1. The lowest BCUT2D eigenvalue weighted by Gasteiger charge is -2.17. The van der Waals surface area contributed by atoms with E-state index in [2.05, 4.69) is 20.2 Å². The molecule has 0 fully saturated rings. The lowest BCUT2D eigenvalue weighted by Crippen LogP contribution is -2.30. The minimum Gasteiger partial charge on any atom is -0.267 e. The Kier molecular flexibility index (Phi) is 7.91. The zero-order valence-corrected chi connectivity index (χ0v) is 21.6. The van der Waals surface area contributed by atoms with Crippen molar-refractivity contribution in [3.63, 3.8) is 0 Å². The van der Waals surface area contributed by atoms with Gasteiger partial charge in [0.15, 0.2) is 11.5 Å².